The highest BCUT2D eigenvalue weighted by molar-refractivity contribution is 4.87. The van der Waals surface area contributed by atoms with Crippen LogP contribution in [0.1, 0.15) is 345 Å². The molecule has 4 unspecified atom stereocenters. The number of rotatable bonds is 10. The van der Waals surface area contributed by atoms with E-state index in [9.17, 15) is 0 Å². The van der Waals surface area contributed by atoms with Crippen LogP contribution in [0.25, 0.3) is 0 Å². The van der Waals surface area contributed by atoms with Gasteiger partial charge in [-0.2, -0.15) is 0 Å². The summed E-state index contributed by atoms with van der Waals surface area (Å²) in [6.07, 6.45) is 45.3. The highest BCUT2D eigenvalue weighted by atomic mass is 16.0. The molecule has 6 aliphatic carbocycles. The third-order valence-electron chi connectivity index (χ3n) is 18.5. The van der Waals surface area contributed by atoms with Crippen molar-refractivity contribution in [3.63, 3.8) is 0 Å². The minimum absolute atomic E-state index is 0. The van der Waals surface area contributed by atoms with E-state index in [0.29, 0.717) is 6.17 Å². The Bertz CT molecular complexity index is 837. The molecule has 0 amide bonds. The Kier molecular flexibility index (Phi) is 97.3. The SMILES string of the molecule is CC.CC.CC.CC.CC.CC.CC.CCC1CCC(C2CCC(CC)CC2)CC1.CCC1CCC(C2NCC(CC)CN2)CC1.CCC1CCC(CC)CC1.CCC1CCC2CC(CC)CCC2C1.O.O.O.O.O.O.O. The van der Waals surface area contributed by atoms with Gasteiger partial charge in [-0.1, -0.05) is 281 Å². The highest BCUT2D eigenvalue weighted by Gasteiger charge is 2.35. The summed E-state index contributed by atoms with van der Waals surface area (Å²) in [5, 5.41) is 7.42. The maximum absolute atomic E-state index is 3.71. The summed E-state index contributed by atoms with van der Waals surface area (Å²) in [7, 11) is 0. The van der Waals surface area contributed by atoms with Crippen LogP contribution < -0.4 is 10.6 Å². The molecule has 16 N–H and O–H groups in total. The molecule has 0 radical (unpaired) electrons. The molecule has 7 fully saturated rings. The van der Waals surface area contributed by atoms with Gasteiger partial charge in [0.1, 0.15) is 0 Å². The van der Waals surface area contributed by atoms with Crippen LogP contribution in [0, 0.1) is 76.9 Å². The van der Waals surface area contributed by atoms with Gasteiger partial charge in [0.2, 0.25) is 0 Å². The first-order valence-corrected chi connectivity index (χ1v) is 33.8. The molecule has 9 heteroatoms. The summed E-state index contributed by atoms with van der Waals surface area (Å²) in [5.74, 6) is 13.7. The van der Waals surface area contributed by atoms with Gasteiger partial charge < -0.3 is 49.0 Å². The molecule has 7 rings (SSSR count). The number of hydrogen-bond donors (Lipinski definition) is 2. The molecule has 9 nitrogen and oxygen atoms in total. The van der Waals surface area contributed by atoms with Gasteiger partial charge in [0, 0.05) is 13.1 Å². The van der Waals surface area contributed by atoms with Gasteiger partial charge in [0.05, 0.1) is 6.17 Å². The van der Waals surface area contributed by atoms with E-state index in [1.165, 1.54) is 154 Å². The molecule has 0 aromatic carbocycles. The van der Waals surface area contributed by atoms with Crippen LogP contribution in [-0.2, 0) is 0 Å². The van der Waals surface area contributed by atoms with Crippen molar-refractivity contribution in [1.82, 2.24) is 10.6 Å². The Hall–Kier alpha value is -0.360. The summed E-state index contributed by atoms with van der Waals surface area (Å²) >= 11 is 0. The number of hydrogen-bond acceptors (Lipinski definition) is 2. The second-order valence-electron chi connectivity index (χ2n) is 21.5. The Balaban J connectivity index is -0.0000000761. The Morgan fingerprint density at radius 3 is 0.584 bits per heavy atom. The molecular formula is C68H160N2O7. The molecule has 1 saturated heterocycles. The Morgan fingerprint density at radius 1 is 0.208 bits per heavy atom. The fourth-order valence-electron chi connectivity index (χ4n) is 13.3. The lowest BCUT2D eigenvalue weighted by Gasteiger charge is -2.42. The average Bonchev–Trinajstić information content (AvgIpc) is 3.49. The molecular weight excluding hydrogens is 957 g/mol. The second kappa shape index (κ2) is 73.7. The van der Waals surface area contributed by atoms with Crippen molar-refractivity contribution in [2.45, 2.75) is 351 Å². The van der Waals surface area contributed by atoms with Gasteiger partial charge in [-0.15, -0.1) is 0 Å². The zero-order valence-electron chi connectivity index (χ0n) is 57.2. The van der Waals surface area contributed by atoms with Crippen molar-refractivity contribution in [2.24, 2.45) is 76.9 Å². The van der Waals surface area contributed by atoms with Crippen LogP contribution in [-0.4, -0.2) is 57.6 Å². The topological polar surface area (TPSA) is 245 Å². The zero-order valence-corrected chi connectivity index (χ0v) is 57.2. The minimum Gasteiger partial charge on any atom is -0.412 e. The first-order valence-electron chi connectivity index (χ1n) is 33.8. The highest BCUT2D eigenvalue weighted by Crippen LogP contribution is 2.46. The van der Waals surface area contributed by atoms with Gasteiger partial charge in [-0.3, -0.25) is 0 Å². The van der Waals surface area contributed by atoms with E-state index in [4.69, 9.17) is 0 Å². The third kappa shape index (κ3) is 44.8. The van der Waals surface area contributed by atoms with E-state index in [1.54, 1.807) is 51.4 Å². The maximum Gasteiger partial charge on any atom is 0.0600 e. The molecule has 4 atom stereocenters. The average molecular weight is 1120 g/mol. The molecule has 1 aliphatic heterocycles. The van der Waals surface area contributed by atoms with E-state index in [2.05, 4.69) is 66.0 Å². The Morgan fingerprint density at radius 2 is 0.377 bits per heavy atom. The van der Waals surface area contributed by atoms with Gasteiger partial charge >= 0.3 is 0 Å². The van der Waals surface area contributed by atoms with Crippen LogP contribution in [0.4, 0.5) is 0 Å². The summed E-state index contributed by atoms with van der Waals surface area (Å²) in [6.45, 7) is 49.2. The largest absolute Gasteiger partial charge is 0.412 e. The Labute approximate surface area is 488 Å². The van der Waals surface area contributed by atoms with Crippen LogP contribution >= 0.6 is 0 Å². The quantitative estimate of drug-likeness (QED) is 0.217. The lowest BCUT2D eigenvalue weighted by molar-refractivity contribution is 0.0955. The molecule has 7 aliphatic rings. The minimum atomic E-state index is 0. The van der Waals surface area contributed by atoms with Gasteiger partial charge in [-0.05, 0) is 141 Å². The molecule has 0 spiro atoms. The monoisotopic (exact) mass is 1120 g/mol. The standard InChI is InChI=1S/C16H30.C14H28N2.C14H26.C10H20.7C2H6.7H2O/c1-3-13-5-9-15(10-6-13)16-11-7-14(4-2)8-12-16;1-3-11-5-7-13(8-6-11)14-15-9-12(4-2)10-16-14;1-3-11-5-7-14-10-12(4-2)6-8-13(14)9-11;1-3-9-5-7-10(4-2)8-6-9;7*1-2;;;;;;;/h13-16H,3-12H2,1-2H3;11-16H,3-10H2,1-2H3;11-14H,3-10H2,1-2H3;9-10H,3-8H2,1-2H3;7*1-2H3;7*1H2. The van der Waals surface area contributed by atoms with Crippen molar-refractivity contribution >= 4 is 0 Å². The fourth-order valence-corrected chi connectivity index (χ4v) is 13.3. The van der Waals surface area contributed by atoms with E-state index in [-0.39, 0.29) is 38.3 Å². The van der Waals surface area contributed by atoms with E-state index in [1.807, 2.05) is 96.9 Å². The summed E-state index contributed by atoms with van der Waals surface area (Å²) in [5.41, 5.74) is 0. The van der Waals surface area contributed by atoms with Gasteiger partial charge in [-0.25, -0.2) is 0 Å². The van der Waals surface area contributed by atoms with Crippen molar-refractivity contribution in [3.05, 3.63) is 0 Å². The summed E-state index contributed by atoms with van der Waals surface area (Å²) in [4.78, 5) is 0. The predicted molar refractivity (Wildman–Crippen MR) is 354 cm³/mol. The van der Waals surface area contributed by atoms with Crippen LogP contribution in [0.3, 0.4) is 0 Å². The molecule has 1 heterocycles. The van der Waals surface area contributed by atoms with Crippen molar-refractivity contribution in [2.75, 3.05) is 13.1 Å². The van der Waals surface area contributed by atoms with E-state index in [0.717, 1.165) is 76.9 Å². The van der Waals surface area contributed by atoms with Crippen molar-refractivity contribution < 1.29 is 38.3 Å². The van der Waals surface area contributed by atoms with E-state index >= 15 is 0 Å². The molecule has 0 aromatic heterocycles. The van der Waals surface area contributed by atoms with Gasteiger partial charge in [0.25, 0.3) is 0 Å². The molecule has 6 saturated carbocycles. The molecule has 77 heavy (non-hydrogen) atoms. The smallest absolute Gasteiger partial charge is 0.0600 e. The predicted octanol–water partition coefficient (Wildman–Crippen LogP) is 17.8. The van der Waals surface area contributed by atoms with E-state index < -0.39 is 0 Å². The summed E-state index contributed by atoms with van der Waals surface area (Å²) < 4.78 is 0. The van der Waals surface area contributed by atoms with Gasteiger partial charge in [0.15, 0.2) is 0 Å². The normalized spacial score (nSPS) is 29.8. The van der Waals surface area contributed by atoms with Crippen LogP contribution in [0.2, 0.25) is 0 Å². The number of nitrogens with one attached hydrogen (secondary N) is 2. The van der Waals surface area contributed by atoms with Crippen LogP contribution in [0.5, 0.6) is 0 Å². The zero-order chi connectivity index (χ0) is 54.1. The lowest BCUT2D eigenvalue weighted by atomic mass is 9.64. The van der Waals surface area contributed by atoms with Crippen molar-refractivity contribution in [1.29, 1.82) is 0 Å². The lowest BCUT2D eigenvalue weighted by Crippen LogP contribution is -2.56. The maximum atomic E-state index is 3.71. The first kappa shape index (κ1) is 102. The third-order valence-corrected chi connectivity index (χ3v) is 18.5. The molecule has 0 aromatic rings. The molecule has 0 bridgehead atoms. The van der Waals surface area contributed by atoms with Crippen LogP contribution in [0.15, 0.2) is 0 Å². The first-order chi connectivity index (χ1) is 34.4. The summed E-state index contributed by atoms with van der Waals surface area (Å²) in [6, 6.07) is 0. The fraction of sp³-hybridized carbons (Fsp3) is 1.00. The second-order valence-corrected chi connectivity index (χ2v) is 21.5. The van der Waals surface area contributed by atoms with Crippen molar-refractivity contribution in [3.8, 4) is 0 Å². The molecule has 484 valence electrons. The number of fused-ring (bicyclic) bond motifs is 1.